The summed E-state index contributed by atoms with van der Waals surface area (Å²) in [5, 5.41) is 9.73. The molecule has 2 nitrogen and oxygen atoms in total. The van der Waals surface area contributed by atoms with Crippen molar-refractivity contribution in [2.24, 2.45) is 0 Å². The Morgan fingerprint density at radius 1 is 1.29 bits per heavy atom. The minimum Gasteiger partial charge on any atom is -0.386 e. The lowest BCUT2D eigenvalue weighted by Crippen LogP contribution is -2.06. The number of halogens is 2. The van der Waals surface area contributed by atoms with Gasteiger partial charge < -0.3 is 9.84 Å². The van der Waals surface area contributed by atoms with Gasteiger partial charge >= 0.3 is 0 Å². The second-order valence-electron chi connectivity index (χ2n) is 2.88. The van der Waals surface area contributed by atoms with E-state index in [9.17, 15) is 5.11 Å². The highest BCUT2D eigenvalue weighted by Gasteiger charge is 2.08. The van der Waals surface area contributed by atoms with Gasteiger partial charge in [0.15, 0.2) is 0 Å². The third-order valence-corrected chi connectivity index (χ3v) is 2.67. The van der Waals surface area contributed by atoms with Gasteiger partial charge in [-0.1, -0.05) is 31.9 Å². The van der Waals surface area contributed by atoms with E-state index in [0.29, 0.717) is 13.2 Å². The van der Waals surface area contributed by atoms with Crippen molar-refractivity contribution < 1.29 is 9.84 Å². The molecular weight excluding hydrogens is 312 g/mol. The van der Waals surface area contributed by atoms with Crippen molar-refractivity contribution in [2.45, 2.75) is 13.0 Å². The molecular formula is C10H12Br2O2. The van der Waals surface area contributed by atoms with Crippen LogP contribution in [0.25, 0.3) is 0 Å². The van der Waals surface area contributed by atoms with Crippen LogP contribution in [0.5, 0.6) is 0 Å². The Hall–Kier alpha value is 0.1000. The lowest BCUT2D eigenvalue weighted by molar-refractivity contribution is 0.0420. The zero-order valence-electron chi connectivity index (χ0n) is 7.84. The second kappa shape index (κ2) is 5.85. The molecule has 0 aliphatic rings. The fourth-order valence-corrected chi connectivity index (χ4v) is 2.42. The number of benzene rings is 1. The van der Waals surface area contributed by atoms with Crippen molar-refractivity contribution in [2.75, 3.05) is 13.2 Å². The van der Waals surface area contributed by atoms with Crippen molar-refractivity contribution >= 4 is 31.9 Å². The van der Waals surface area contributed by atoms with E-state index in [4.69, 9.17) is 4.74 Å². The summed E-state index contributed by atoms with van der Waals surface area (Å²) in [6.07, 6.45) is -0.566. The van der Waals surface area contributed by atoms with Gasteiger partial charge in [0.25, 0.3) is 0 Å². The molecule has 1 aromatic rings. The predicted molar refractivity (Wildman–Crippen MR) is 63.3 cm³/mol. The summed E-state index contributed by atoms with van der Waals surface area (Å²) in [5.41, 5.74) is 0.847. The molecule has 1 atom stereocenters. The van der Waals surface area contributed by atoms with Crippen LogP contribution in [-0.2, 0) is 4.74 Å². The van der Waals surface area contributed by atoms with Crippen LogP contribution in [-0.4, -0.2) is 18.3 Å². The van der Waals surface area contributed by atoms with Crippen LogP contribution in [0.15, 0.2) is 27.1 Å². The normalized spacial score (nSPS) is 12.9. The van der Waals surface area contributed by atoms with E-state index in [1.807, 2.05) is 25.1 Å². The average molecular weight is 324 g/mol. The SMILES string of the molecule is CCOCC(O)c1cc(Br)cc(Br)c1. The maximum Gasteiger partial charge on any atom is 0.102 e. The maximum absolute atomic E-state index is 9.73. The van der Waals surface area contributed by atoms with Gasteiger partial charge in [-0.05, 0) is 30.7 Å². The zero-order valence-corrected chi connectivity index (χ0v) is 11.0. The minimum atomic E-state index is -0.566. The number of aliphatic hydroxyl groups is 1. The van der Waals surface area contributed by atoms with Crippen molar-refractivity contribution in [1.29, 1.82) is 0 Å². The molecule has 0 saturated carbocycles. The van der Waals surface area contributed by atoms with Crippen molar-refractivity contribution in [1.82, 2.24) is 0 Å². The molecule has 0 heterocycles. The molecule has 0 aliphatic heterocycles. The second-order valence-corrected chi connectivity index (χ2v) is 4.71. The van der Waals surface area contributed by atoms with Crippen molar-refractivity contribution in [3.63, 3.8) is 0 Å². The van der Waals surface area contributed by atoms with Gasteiger partial charge in [0, 0.05) is 15.6 Å². The van der Waals surface area contributed by atoms with Crippen molar-refractivity contribution in [3.05, 3.63) is 32.7 Å². The van der Waals surface area contributed by atoms with Crippen LogP contribution in [0.2, 0.25) is 0 Å². The van der Waals surface area contributed by atoms with E-state index in [2.05, 4.69) is 31.9 Å². The van der Waals surface area contributed by atoms with E-state index in [1.54, 1.807) is 0 Å². The number of ether oxygens (including phenoxy) is 1. The summed E-state index contributed by atoms with van der Waals surface area (Å²) in [4.78, 5) is 0. The number of aliphatic hydroxyl groups excluding tert-OH is 1. The molecule has 1 rings (SSSR count). The predicted octanol–water partition coefficient (Wildman–Crippen LogP) is 3.28. The van der Waals surface area contributed by atoms with Gasteiger partial charge in [-0.15, -0.1) is 0 Å². The molecule has 0 spiro atoms. The van der Waals surface area contributed by atoms with Gasteiger partial charge in [-0.3, -0.25) is 0 Å². The minimum absolute atomic E-state index is 0.333. The van der Waals surface area contributed by atoms with Crippen LogP contribution in [0, 0.1) is 0 Å². The Kier molecular flexibility index (Phi) is 5.09. The quantitative estimate of drug-likeness (QED) is 0.921. The first-order valence-corrected chi connectivity index (χ1v) is 5.94. The largest absolute Gasteiger partial charge is 0.386 e. The van der Waals surface area contributed by atoms with Crippen LogP contribution < -0.4 is 0 Å². The number of rotatable bonds is 4. The molecule has 1 N–H and O–H groups in total. The summed E-state index contributed by atoms with van der Waals surface area (Å²) in [6.45, 7) is 2.86. The van der Waals surface area contributed by atoms with Crippen LogP contribution in [0.1, 0.15) is 18.6 Å². The third-order valence-electron chi connectivity index (χ3n) is 1.75. The standard InChI is InChI=1S/C10H12Br2O2/c1-2-14-6-10(13)7-3-8(11)5-9(12)4-7/h3-5,10,13H,2,6H2,1H3. The lowest BCUT2D eigenvalue weighted by atomic mass is 10.1. The first-order valence-electron chi connectivity index (χ1n) is 4.35. The van der Waals surface area contributed by atoms with Gasteiger partial charge in [0.1, 0.15) is 6.10 Å². The van der Waals surface area contributed by atoms with Gasteiger partial charge in [0.2, 0.25) is 0 Å². The topological polar surface area (TPSA) is 29.5 Å². The molecule has 1 aromatic carbocycles. The number of hydrogen-bond donors (Lipinski definition) is 1. The van der Waals surface area contributed by atoms with Crippen LogP contribution in [0.4, 0.5) is 0 Å². The summed E-state index contributed by atoms with van der Waals surface area (Å²) < 4.78 is 7.03. The Balaban J connectivity index is 2.73. The molecule has 0 fully saturated rings. The summed E-state index contributed by atoms with van der Waals surface area (Å²) in [6, 6.07) is 5.69. The zero-order chi connectivity index (χ0) is 10.6. The van der Waals surface area contributed by atoms with E-state index in [-0.39, 0.29) is 0 Å². The van der Waals surface area contributed by atoms with Gasteiger partial charge in [-0.2, -0.15) is 0 Å². The fourth-order valence-electron chi connectivity index (χ4n) is 1.09. The molecule has 78 valence electrons. The van der Waals surface area contributed by atoms with Crippen molar-refractivity contribution in [3.8, 4) is 0 Å². The molecule has 0 aliphatic carbocycles. The van der Waals surface area contributed by atoms with E-state index >= 15 is 0 Å². The Bertz CT molecular complexity index is 282. The molecule has 0 aromatic heterocycles. The highest BCUT2D eigenvalue weighted by atomic mass is 79.9. The fraction of sp³-hybridized carbons (Fsp3) is 0.400. The number of hydrogen-bond acceptors (Lipinski definition) is 2. The van der Waals surface area contributed by atoms with E-state index in [1.165, 1.54) is 0 Å². The Morgan fingerprint density at radius 2 is 1.86 bits per heavy atom. The third kappa shape index (κ3) is 3.69. The summed E-state index contributed by atoms with van der Waals surface area (Å²) in [7, 11) is 0. The molecule has 14 heavy (non-hydrogen) atoms. The lowest BCUT2D eigenvalue weighted by Gasteiger charge is -2.11. The molecule has 0 radical (unpaired) electrons. The van der Waals surface area contributed by atoms with Crippen LogP contribution >= 0.6 is 31.9 Å². The summed E-state index contributed by atoms with van der Waals surface area (Å²) >= 11 is 6.74. The van der Waals surface area contributed by atoms with Gasteiger partial charge in [-0.25, -0.2) is 0 Å². The average Bonchev–Trinajstić information content (AvgIpc) is 2.12. The van der Waals surface area contributed by atoms with E-state index in [0.717, 1.165) is 14.5 Å². The van der Waals surface area contributed by atoms with E-state index < -0.39 is 6.10 Å². The highest BCUT2D eigenvalue weighted by molar-refractivity contribution is 9.11. The maximum atomic E-state index is 9.73. The summed E-state index contributed by atoms with van der Waals surface area (Å²) in [5.74, 6) is 0. The highest BCUT2D eigenvalue weighted by Crippen LogP contribution is 2.24. The molecule has 4 heteroatoms. The molecule has 0 saturated heterocycles. The molecule has 0 bridgehead atoms. The first kappa shape index (κ1) is 12.2. The van der Waals surface area contributed by atoms with Gasteiger partial charge in [0.05, 0.1) is 6.61 Å². The molecule has 1 unspecified atom stereocenters. The smallest absolute Gasteiger partial charge is 0.102 e. The Labute approximate surface area is 101 Å². The first-order chi connectivity index (χ1) is 6.63. The van der Waals surface area contributed by atoms with Crippen LogP contribution in [0.3, 0.4) is 0 Å². The molecule has 0 amide bonds. The Morgan fingerprint density at radius 3 is 2.36 bits per heavy atom. The monoisotopic (exact) mass is 322 g/mol.